The maximum Gasteiger partial charge on any atom is 0.317 e. The van der Waals surface area contributed by atoms with E-state index in [-0.39, 0.29) is 37.4 Å². The van der Waals surface area contributed by atoms with E-state index in [1.165, 1.54) is 12.0 Å². The number of amides is 2. The van der Waals surface area contributed by atoms with Crippen molar-refractivity contribution in [3.05, 3.63) is 0 Å². The summed E-state index contributed by atoms with van der Waals surface area (Å²) in [4.78, 5) is 34.7. The first kappa shape index (κ1) is 17.2. The van der Waals surface area contributed by atoms with Crippen LogP contribution in [0.5, 0.6) is 0 Å². The van der Waals surface area contributed by atoms with Crippen LogP contribution >= 0.6 is 0 Å². The Morgan fingerprint density at radius 2 is 1.89 bits per heavy atom. The molecule has 0 aliphatic carbocycles. The molecule has 0 aromatic heterocycles. The van der Waals surface area contributed by atoms with Crippen molar-refractivity contribution in [2.75, 3.05) is 27.2 Å². The van der Waals surface area contributed by atoms with Gasteiger partial charge in [-0.25, -0.2) is 4.79 Å². The van der Waals surface area contributed by atoms with Gasteiger partial charge < -0.3 is 20.1 Å². The summed E-state index contributed by atoms with van der Waals surface area (Å²) in [5.41, 5.74) is 0. The number of nitrogens with one attached hydrogen (secondary N) is 1. The second kappa shape index (κ2) is 8.34. The first-order valence-corrected chi connectivity index (χ1v) is 6.06. The minimum atomic E-state index is -0.894. The Bertz CT molecular complexity index is 332. The number of aliphatic carboxylic acids is 1. The van der Waals surface area contributed by atoms with Crippen LogP contribution in [-0.4, -0.2) is 55.2 Å². The van der Waals surface area contributed by atoms with E-state index in [0.29, 0.717) is 0 Å². The highest BCUT2D eigenvalue weighted by Gasteiger charge is 2.19. The van der Waals surface area contributed by atoms with Gasteiger partial charge >= 0.3 is 18.0 Å². The number of carboxylic acids is 1. The summed E-state index contributed by atoms with van der Waals surface area (Å²) in [6.45, 7) is 3.93. The Balaban J connectivity index is 4.07. The van der Waals surface area contributed by atoms with E-state index in [1.54, 1.807) is 20.9 Å². The van der Waals surface area contributed by atoms with Crippen LogP contribution in [0.25, 0.3) is 0 Å². The van der Waals surface area contributed by atoms with Crippen LogP contribution in [0.3, 0.4) is 0 Å². The summed E-state index contributed by atoms with van der Waals surface area (Å²) in [5, 5.41) is 11.2. The van der Waals surface area contributed by atoms with Gasteiger partial charge in [0.05, 0.1) is 13.0 Å². The number of esters is 1. The Morgan fingerprint density at radius 1 is 1.32 bits per heavy atom. The molecule has 0 saturated heterocycles. The molecule has 2 atom stereocenters. The molecule has 0 saturated carbocycles. The second-order valence-electron chi connectivity index (χ2n) is 4.69. The van der Waals surface area contributed by atoms with Crippen molar-refractivity contribution < 1.29 is 24.2 Å². The summed E-state index contributed by atoms with van der Waals surface area (Å²) in [5.74, 6) is -1.82. The molecule has 2 amide bonds. The normalized spacial score (nSPS) is 13.3. The molecule has 2 unspecified atom stereocenters. The highest BCUT2D eigenvalue weighted by atomic mass is 16.5. The number of hydrogen-bond acceptors (Lipinski definition) is 4. The highest BCUT2D eigenvalue weighted by molar-refractivity contribution is 5.76. The molecule has 0 rings (SSSR count). The molecule has 19 heavy (non-hydrogen) atoms. The van der Waals surface area contributed by atoms with Gasteiger partial charge in [0.1, 0.15) is 0 Å². The van der Waals surface area contributed by atoms with Crippen LogP contribution in [0.4, 0.5) is 4.79 Å². The molecule has 110 valence electrons. The third kappa shape index (κ3) is 7.28. The lowest BCUT2D eigenvalue weighted by molar-refractivity contribution is -0.145. The smallest absolute Gasteiger partial charge is 0.317 e. The standard InChI is InChI=1S/C12H22N2O5/c1-8(5-10(15)16)6-13-12(18)14(3)7-9(2)11(17)19-4/h8-9H,5-7H2,1-4H3,(H,13,18)(H,15,16). The zero-order valence-corrected chi connectivity index (χ0v) is 11.8. The lowest BCUT2D eigenvalue weighted by Gasteiger charge is -2.21. The van der Waals surface area contributed by atoms with Gasteiger partial charge in [-0.1, -0.05) is 13.8 Å². The van der Waals surface area contributed by atoms with Crippen molar-refractivity contribution in [1.29, 1.82) is 0 Å². The largest absolute Gasteiger partial charge is 0.481 e. The van der Waals surface area contributed by atoms with E-state index in [2.05, 4.69) is 10.1 Å². The predicted octanol–water partition coefficient (Wildman–Crippen LogP) is 0.548. The van der Waals surface area contributed by atoms with Crippen LogP contribution in [-0.2, 0) is 14.3 Å². The first-order valence-electron chi connectivity index (χ1n) is 6.06. The number of nitrogens with zero attached hydrogens (tertiary/aromatic N) is 1. The minimum Gasteiger partial charge on any atom is -0.481 e. The second-order valence-corrected chi connectivity index (χ2v) is 4.69. The van der Waals surface area contributed by atoms with Gasteiger partial charge in [-0.05, 0) is 5.92 Å². The minimum absolute atomic E-state index is 0.00254. The maximum atomic E-state index is 11.7. The van der Waals surface area contributed by atoms with Gasteiger partial charge in [-0.2, -0.15) is 0 Å². The average molecular weight is 274 g/mol. The molecular formula is C12H22N2O5. The third-order valence-electron chi connectivity index (χ3n) is 2.62. The zero-order chi connectivity index (χ0) is 15.0. The van der Waals surface area contributed by atoms with Crippen molar-refractivity contribution >= 4 is 18.0 Å². The van der Waals surface area contributed by atoms with Crippen LogP contribution in [0.2, 0.25) is 0 Å². The van der Waals surface area contributed by atoms with E-state index >= 15 is 0 Å². The molecule has 0 heterocycles. The fraction of sp³-hybridized carbons (Fsp3) is 0.750. The number of carboxylic acid groups (broad SMARTS) is 1. The van der Waals surface area contributed by atoms with Gasteiger partial charge in [0.25, 0.3) is 0 Å². The topological polar surface area (TPSA) is 95.9 Å². The highest BCUT2D eigenvalue weighted by Crippen LogP contribution is 2.02. The van der Waals surface area contributed by atoms with Gasteiger partial charge in [-0.3, -0.25) is 9.59 Å². The van der Waals surface area contributed by atoms with Gasteiger partial charge in [0.15, 0.2) is 0 Å². The van der Waals surface area contributed by atoms with Crippen LogP contribution in [0, 0.1) is 11.8 Å². The molecule has 0 radical (unpaired) electrons. The molecule has 0 aliphatic heterocycles. The van der Waals surface area contributed by atoms with Gasteiger partial charge in [0.2, 0.25) is 0 Å². The molecule has 0 fully saturated rings. The van der Waals surface area contributed by atoms with E-state index in [0.717, 1.165) is 0 Å². The van der Waals surface area contributed by atoms with Gasteiger partial charge in [-0.15, -0.1) is 0 Å². The Morgan fingerprint density at radius 3 is 2.37 bits per heavy atom. The number of rotatable bonds is 7. The summed E-state index contributed by atoms with van der Waals surface area (Å²) < 4.78 is 4.57. The van der Waals surface area contributed by atoms with Crippen molar-refractivity contribution in [3.8, 4) is 0 Å². The zero-order valence-electron chi connectivity index (χ0n) is 11.8. The Hall–Kier alpha value is -1.79. The lowest BCUT2D eigenvalue weighted by Crippen LogP contribution is -2.42. The van der Waals surface area contributed by atoms with Crippen molar-refractivity contribution in [2.24, 2.45) is 11.8 Å². The molecular weight excluding hydrogens is 252 g/mol. The SMILES string of the molecule is COC(=O)C(C)CN(C)C(=O)NCC(C)CC(=O)O. The monoisotopic (exact) mass is 274 g/mol. The van der Waals surface area contributed by atoms with Crippen molar-refractivity contribution in [1.82, 2.24) is 10.2 Å². The van der Waals surface area contributed by atoms with Crippen LogP contribution < -0.4 is 5.32 Å². The number of carbonyl (C=O) groups excluding carboxylic acids is 2. The average Bonchev–Trinajstić information content (AvgIpc) is 2.33. The number of methoxy groups -OCH3 is 1. The molecule has 7 nitrogen and oxygen atoms in total. The van der Waals surface area contributed by atoms with Crippen molar-refractivity contribution in [2.45, 2.75) is 20.3 Å². The lowest BCUT2D eigenvalue weighted by atomic mass is 10.1. The number of carbonyl (C=O) groups is 3. The molecule has 0 aromatic carbocycles. The maximum absolute atomic E-state index is 11.7. The predicted molar refractivity (Wildman–Crippen MR) is 68.6 cm³/mol. The van der Waals surface area contributed by atoms with E-state index in [9.17, 15) is 14.4 Å². The van der Waals surface area contributed by atoms with E-state index < -0.39 is 11.9 Å². The van der Waals surface area contributed by atoms with Crippen LogP contribution in [0.15, 0.2) is 0 Å². The fourth-order valence-corrected chi connectivity index (χ4v) is 1.54. The third-order valence-corrected chi connectivity index (χ3v) is 2.62. The van der Waals surface area contributed by atoms with Crippen LogP contribution in [0.1, 0.15) is 20.3 Å². The first-order chi connectivity index (χ1) is 8.77. The molecule has 0 aromatic rings. The molecule has 0 spiro atoms. The van der Waals surface area contributed by atoms with Crippen molar-refractivity contribution in [3.63, 3.8) is 0 Å². The summed E-state index contributed by atoms with van der Waals surface area (Å²) >= 11 is 0. The summed E-state index contributed by atoms with van der Waals surface area (Å²) in [6.07, 6.45) is 0.00254. The van der Waals surface area contributed by atoms with Gasteiger partial charge in [0, 0.05) is 26.6 Å². The number of ether oxygens (including phenoxy) is 1. The number of urea groups is 1. The van der Waals surface area contributed by atoms with E-state index in [1.807, 2.05) is 0 Å². The Labute approximate surface area is 112 Å². The quantitative estimate of drug-likeness (QED) is 0.661. The van der Waals surface area contributed by atoms with E-state index in [4.69, 9.17) is 5.11 Å². The number of hydrogen-bond donors (Lipinski definition) is 2. The molecule has 7 heteroatoms. The summed E-state index contributed by atoms with van der Waals surface area (Å²) in [7, 11) is 2.86. The Kier molecular flexibility index (Phi) is 7.55. The molecule has 0 bridgehead atoms. The fourth-order valence-electron chi connectivity index (χ4n) is 1.54. The summed E-state index contributed by atoms with van der Waals surface area (Å²) in [6, 6.07) is -0.340. The molecule has 2 N–H and O–H groups in total. The molecule has 0 aliphatic rings.